The van der Waals surface area contributed by atoms with Gasteiger partial charge in [-0.2, -0.15) is 0 Å². The molecule has 0 aliphatic carbocycles. The van der Waals surface area contributed by atoms with Crippen molar-refractivity contribution in [3.05, 3.63) is 23.8 Å². The Kier molecular flexibility index (Phi) is 3.85. The van der Waals surface area contributed by atoms with Crippen molar-refractivity contribution in [3.8, 4) is 0 Å². The lowest BCUT2D eigenvalue weighted by Gasteiger charge is -2.31. The van der Waals surface area contributed by atoms with E-state index in [1.54, 1.807) is 0 Å². The number of aromatic nitrogens is 2. The van der Waals surface area contributed by atoms with Crippen molar-refractivity contribution in [3.63, 3.8) is 0 Å². The quantitative estimate of drug-likeness (QED) is 0.824. The molecule has 2 heterocycles. The van der Waals surface area contributed by atoms with Crippen molar-refractivity contribution in [1.29, 1.82) is 0 Å². The van der Waals surface area contributed by atoms with Crippen LogP contribution in [-0.2, 0) is 6.54 Å². The van der Waals surface area contributed by atoms with E-state index >= 15 is 0 Å². The summed E-state index contributed by atoms with van der Waals surface area (Å²) in [6, 6.07) is 2.71. The van der Waals surface area contributed by atoms with E-state index < -0.39 is 0 Å². The van der Waals surface area contributed by atoms with Crippen LogP contribution >= 0.6 is 0 Å². The molecular weight excluding hydrogens is 200 g/mol. The van der Waals surface area contributed by atoms with Crippen LogP contribution in [0.3, 0.4) is 0 Å². The Morgan fingerprint density at radius 2 is 2.19 bits per heavy atom. The summed E-state index contributed by atoms with van der Waals surface area (Å²) < 4.78 is 0. The molecule has 0 bridgehead atoms. The van der Waals surface area contributed by atoms with Crippen LogP contribution < -0.4 is 5.32 Å². The Labute approximate surface area is 97.1 Å². The number of piperidine rings is 1. The third-order valence-electron chi connectivity index (χ3n) is 3.22. The predicted molar refractivity (Wildman–Crippen MR) is 64.1 cm³/mol. The van der Waals surface area contributed by atoms with Gasteiger partial charge in [-0.05, 0) is 32.9 Å². The lowest BCUT2D eigenvalue weighted by atomic mass is 10.1. The lowest BCUT2D eigenvalue weighted by Crippen LogP contribution is -2.40. The first kappa shape index (κ1) is 11.5. The second kappa shape index (κ2) is 5.37. The summed E-state index contributed by atoms with van der Waals surface area (Å²) >= 11 is 0. The molecule has 1 fully saturated rings. The fourth-order valence-corrected chi connectivity index (χ4v) is 2.20. The lowest BCUT2D eigenvalue weighted by molar-refractivity contribution is 0.192. The monoisotopic (exact) mass is 220 g/mol. The number of hydrogen-bond donors (Lipinski definition) is 1. The van der Waals surface area contributed by atoms with Crippen LogP contribution in [0.5, 0.6) is 0 Å². The number of hydrogen-bond acceptors (Lipinski definition) is 4. The Balaban J connectivity index is 1.87. The second-order valence-electron chi connectivity index (χ2n) is 4.43. The zero-order valence-corrected chi connectivity index (χ0v) is 10.1. The normalized spacial score (nSPS) is 18.9. The highest BCUT2D eigenvalue weighted by Gasteiger charge is 2.17. The van der Waals surface area contributed by atoms with Gasteiger partial charge in [0, 0.05) is 31.9 Å². The molecule has 1 aliphatic rings. The van der Waals surface area contributed by atoms with Crippen molar-refractivity contribution < 1.29 is 0 Å². The largest absolute Gasteiger partial charge is 0.317 e. The van der Waals surface area contributed by atoms with Crippen molar-refractivity contribution in [2.24, 2.45) is 0 Å². The molecule has 88 valence electrons. The molecule has 0 radical (unpaired) electrons. The Morgan fingerprint density at radius 1 is 1.44 bits per heavy atom. The van der Waals surface area contributed by atoms with Crippen molar-refractivity contribution in [1.82, 2.24) is 20.2 Å². The average Bonchev–Trinajstić information content (AvgIpc) is 2.30. The Morgan fingerprint density at radius 3 is 2.81 bits per heavy atom. The molecule has 0 spiro atoms. The SMILES string of the molecule is CNC1CCN(Cc2ccnc(C)n2)CC1. The van der Waals surface area contributed by atoms with Gasteiger partial charge in [0.05, 0.1) is 5.69 Å². The minimum atomic E-state index is 0.698. The maximum absolute atomic E-state index is 4.44. The van der Waals surface area contributed by atoms with Crippen molar-refractivity contribution >= 4 is 0 Å². The van der Waals surface area contributed by atoms with E-state index in [1.807, 2.05) is 26.2 Å². The topological polar surface area (TPSA) is 41.0 Å². The van der Waals surface area contributed by atoms with Crippen LogP contribution in [0.15, 0.2) is 12.3 Å². The second-order valence-corrected chi connectivity index (χ2v) is 4.43. The number of aryl methyl sites for hydroxylation is 1. The van der Waals surface area contributed by atoms with E-state index in [2.05, 4.69) is 20.2 Å². The molecule has 1 aromatic rings. The Bertz CT molecular complexity index is 332. The highest BCUT2D eigenvalue weighted by atomic mass is 15.1. The molecular formula is C12H20N4. The van der Waals surface area contributed by atoms with Gasteiger partial charge in [0.2, 0.25) is 0 Å². The molecule has 0 aromatic carbocycles. The maximum Gasteiger partial charge on any atom is 0.125 e. The summed E-state index contributed by atoms with van der Waals surface area (Å²) in [5, 5.41) is 3.35. The minimum Gasteiger partial charge on any atom is -0.317 e. The van der Waals surface area contributed by atoms with Gasteiger partial charge in [-0.25, -0.2) is 9.97 Å². The fourth-order valence-electron chi connectivity index (χ4n) is 2.20. The van der Waals surface area contributed by atoms with E-state index in [1.165, 1.54) is 12.8 Å². The molecule has 0 atom stereocenters. The smallest absolute Gasteiger partial charge is 0.125 e. The van der Waals surface area contributed by atoms with E-state index in [-0.39, 0.29) is 0 Å². The van der Waals surface area contributed by atoms with E-state index in [9.17, 15) is 0 Å². The molecule has 0 unspecified atom stereocenters. The first-order chi connectivity index (χ1) is 7.78. The summed E-state index contributed by atoms with van der Waals surface area (Å²) in [6.45, 7) is 5.22. The minimum absolute atomic E-state index is 0.698. The molecule has 2 rings (SSSR count). The van der Waals surface area contributed by atoms with Gasteiger partial charge < -0.3 is 5.32 Å². The first-order valence-corrected chi connectivity index (χ1v) is 5.96. The molecule has 1 saturated heterocycles. The predicted octanol–water partition coefficient (Wildman–Crippen LogP) is 0.969. The van der Waals surface area contributed by atoms with Gasteiger partial charge in [0.25, 0.3) is 0 Å². The summed E-state index contributed by atoms with van der Waals surface area (Å²) in [6.07, 6.45) is 4.32. The Hall–Kier alpha value is -1.00. The van der Waals surface area contributed by atoms with Crippen molar-refractivity contribution in [2.75, 3.05) is 20.1 Å². The molecule has 16 heavy (non-hydrogen) atoms. The standard InChI is InChI=1S/C12H20N4/c1-10-14-6-3-12(15-10)9-16-7-4-11(13-2)5-8-16/h3,6,11,13H,4-5,7-9H2,1-2H3. The number of nitrogens with one attached hydrogen (secondary N) is 1. The zero-order valence-electron chi connectivity index (χ0n) is 10.1. The number of likely N-dealkylation sites (tertiary alicyclic amines) is 1. The third kappa shape index (κ3) is 3.00. The summed E-state index contributed by atoms with van der Waals surface area (Å²) in [4.78, 5) is 11.0. The van der Waals surface area contributed by atoms with Crippen LogP contribution in [0.1, 0.15) is 24.4 Å². The van der Waals surface area contributed by atoms with Gasteiger partial charge in [-0.3, -0.25) is 4.90 Å². The van der Waals surface area contributed by atoms with Crippen LogP contribution in [0.2, 0.25) is 0 Å². The molecule has 1 N–H and O–H groups in total. The van der Waals surface area contributed by atoms with E-state index in [4.69, 9.17) is 0 Å². The average molecular weight is 220 g/mol. The van der Waals surface area contributed by atoms with Crippen LogP contribution in [0.25, 0.3) is 0 Å². The van der Waals surface area contributed by atoms with Gasteiger partial charge in [-0.1, -0.05) is 0 Å². The molecule has 4 heteroatoms. The number of rotatable bonds is 3. The van der Waals surface area contributed by atoms with Gasteiger partial charge >= 0.3 is 0 Å². The maximum atomic E-state index is 4.44. The van der Waals surface area contributed by atoms with Crippen LogP contribution in [0.4, 0.5) is 0 Å². The third-order valence-corrected chi connectivity index (χ3v) is 3.22. The summed E-state index contributed by atoms with van der Waals surface area (Å²) in [5.74, 6) is 0.864. The molecule has 0 saturated carbocycles. The fraction of sp³-hybridized carbons (Fsp3) is 0.667. The number of nitrogens with zero attached hydrogens (tertiary/aromatic N) is 3. The van der Waals surface area contributed by atoms with E-state index in [0.717, 1.165) is 31.2 Å². The zero-order chi connectivity index (χ0) is 11.4. The summed E-state index contributed by atoms with van der Waals surface area (Å²) in [7, 11) is 2.05. The van der Waals surface area contributed by atoms with Crippen LogP contribution in [-0.4, -0.2) is 41.0 Å². The first-order valence-electron chi connectivity index (χ1n) is 5.96. The van der Waals surface area contributed by atoms with E-state index in [0.29, 0.717) is 6.04 Å². The highest BCUT2D eigenvalue weighted by Crippen LogP contribution is 2.12. The summed E-state index contributed by atoms with van der Waals surface area (Å²) in [5.41, 5.74) is 1.13. The van der Waals surface area contributed by atoms with Gasteiger partial charge in [0.1, 0.15) is 5.82 Å². The van der Waals surface area contributed by atoms with Gasteiger partial charge in [-0.15, -0.1) is 0 Å². The molecule has 1 aliphatic heterocycles. The van der Waals surface area contributed by atoms with Crippen LogP contribution in [0, 0.1) is 6.92 Å². The molecule has 1 aromatic heterocycles. The van der Waals surface area contributed by atoms with Crippen molar-refractivity contribution in [2.45, 2.75) is 32.4 Å². The molecule has 0 amide bonds. The van der Waals surface area contributed by atoms with Gasteiger partial charge in [0.15, 0.2) is 0 Å². The highest BCUT2D eigenvalue weighted by molar-refractivity contribution is 5.01. The molecule has 4 nitrogen and oxygen atoms in total.